The van der Waals surface area contributed by atoms with Gasteiger partial charge in [-0.15, -0.1) is 0 Å². The second-order valence-corrected chi connectivity index (χ2v) is 8.49. The van der Waals surface area contributed by atoms with Crippen LogP contribution in [0, 0.1) is 0 Å². The Balaban J connectivity index is 2.12. The molecule has 14 nitrogen and oxygen atoms in total. The highest BCUT2D eigenvalue weighted by Crippen LogP contribution is 2.37. The quantitative estimate of drug-likeness (QED) is 0.128. The lowest BCUT2D eigenvalue weighted by atomic mass is 9.99. The highest BCUT2D eigenvalue weighted by atomic mass is 16.6. The Morgan fingerprint density at radius 2 is 1.67 bits per heavy atom. The van der Waals surface area contributed by atoms with Crippen LogP contribution in [0.3, 0.4) is 0 Å². The summed E-state index contributed by atoms with van der Waals surface area (Å²) in [5, 5.41) is 27.6. The molecule has 2 aromatic rings. The van der Waals surface area contributed by atoms with Gasteiger partial charge in [0.2, 0.25) is 0 Å². The van der Waals surface area contributed by atoms with E-state index in [2.05, 4.69) is 4.99 Å². The third kappa shape index (κ3) is 7.44. The fourth-order valence-electron chi connectivity index (χ4n) is 3.99. The highest BCUT2D eigenvalue weighted by molar-refractivity contribution is 6.02. The van der Waals surface area contributed by atoms with E-state index in [1.807, 2.05) is 0 Å². The Morgan fingerprint density at radius 3 is 2.28 bits per heavy atom. The number of hydrogen-bond donors (Lipinski definition) is 5. The van der Waals surface area contributed by atoms with Gasteiger partial charge < -0.3 is 41.2 Å². The summed E-state index contributed by atoms with van der Waals surface area (Å²) < 4.78 is 11.4. The van der Waals surface area contributed by atoms with Crippen LogP contribution in [0.15, 0.2) is 35.3 Å². The van der Waals surface area contributed by atoms with Crippen molar-refractivity contribution in [2.45, 2.75) is 25.7 Å². The van der Waals surface area contributed by atoms with Crippen molar-refractivity contribution in [3.05, 3.63) is 52.6 Å². The van der Waals surface area contributed by atoms with Crippen molar-refractivity contribution in [2.24, 2.45) is 16.5 Å². The van der Waals surface area contributed by atoms with Crippen molar-refractivity contribution in [1.82, 2.24) is 4.90 Å². The number of carbonyl (C=O) groups excluding carboxylic acids is 2. The summed E-state index contributed by atoms with van der Waals surface area (Å²) in [6.45, 7) is -1.88. The fourth-order valence-corrected chi connectivity index (χ4v) is 3.99. The average Bonchev–Trinajstić information content (AvgIpc) is 2.84. The van der Waals surface area contributed by atoms with E-state index in [0.29, 0.717) is 29.0 Å². The number of benzene rings is 2. The van der Waals surface area contributed by atoms with Gasteiger partial charge in [-0.1, -0.05) is 6.07 Å². The molecule has 2 aromatic carbocycles. The van der Waals surface area contributed by atoms with Gasteiger partial charge in [0.15, 0.2) is 17.5 Å². The van der Waals surface area contributed by atoms with E-state index in [1.54, 1.807) is 6.07 Å². The van der Waals surface area contributed by atoms with Gasteiger partial charge in [0.05, 0.1) is 23.4 Å². The first-order valence-corrected chi connectivity index (χ1v) is 11.6. The van der Waals surface area contributed by atoms with Crippen molar-refractivity contribution < 1.29 is 48.8 Å². The van der Waals surface area contributed by atoms with E-state index >= 15 is 0 Å². The molecule has 0 saturated carbocycles. The second kappa shape index (κ2) is 12.4. The highest BCUT2D eigenvalue weighted by Gasteiger charge is 2.30. The normalized spacial score (nSPS) is 12.6. The number of carboxylic acid groups (broad SMARTS) is 3. The van der Waals surface area contributed by atoms with Gasteiger partial charge in [0.25, 0.3) is 5.91 Å². The number of esters is 1. The standard InChI is InChI=1S/C25H26N4O10/c26-25(27)28-15-5-6-16-14(10-15)2-1-9-38-22-17(39-24(16)37)7-3-13(4-8-18(30)31)21(22)23(36)29(11-19(32)33)12-20(34)35/h3,5-7,10H,1-2,4,8-9,11-12H2,(H,30,31)(H,32,33)(H,34,35)(H4,26,27,28). The zero-order valence-corrected chi connectivity index (χ0v) is 20.6. The monoisotopic (exact) mass is 542 g/mol. The van der Waals surface area contributed by atoms with Crippen LogP contribution in [-0.2, 0) is 27.2 Å². The number of aryl methyl sites for hydroxylation is 2. The summed E-state index contributed by atoms with van der Waals surface area (Å²) in [5.74, 6) is -6.49. The Labute approximate surface area is 221 Å². The molecule has 3 rings (SSSR count). The van der Waals surface area contributed by atoms with Crippen LogP contribution in [0.25, 0.3) is 0 Å². The van der Waals surface area contributed by atoms with E-state index < -0.39 is 42.9 Å². The molecular formula is C25H26N4O10. The van der Waals surface area contributed by atoms with Crippen LogP contribution in [0.5, 0.6) is 11.5 Å². The number of guanidine groups is 1. The molecule has 0 saturated heterocycles. The Bertz CT molecular complexity index is 1330. The summed E-state index contributed by atoms with van der Waals surface area (Å²) >= 11 is 0. The molecule has 1 aliphatic rings. The molecule has 0 radical (unpaired) electrons. The van der Waals surface area contributed by atoms with Crippen LogP contribution in [0.4, 0.5) is 5.69 Å². The van der Waals surface area contributed by atoms with Gasteiger partial charge >= 0.3 is 23.9 Å². The first-order chi connectivity index (χ1) is 18.5. The summed E-state index contributed by atoms with van der Waals surface area (Å²) in [6, 6.07) is 7.30. The molecule has 1 amide bonds. The maximum atomic E-state index is 13.5. The second-order valence-electron chi connectivity index (χ2n) is 8.49. The smallest absolute Gasteiger partial charge is 0.343 e. The molecule has 39 heavy (non-hydrogen) atoms. The Hall–Kier alpha value is -5.14. The number of amides is 1. The number of ether oxygens (including phenoxy) is 2. The number of carbonyl (C=O) groups is 5. The fraction of sp³-hybridized carbons (Fsp3) is 0.280. The van der Waals surface area contributed by atoms with Gasteiger partial charge in [0, 0.05) is 6.42 Å². The minimum atomic E-state index is -1.46. The maximum absolute atomic E-state index is 13.5. The number of nitrogens with zero attached hydrogens (tertiary/aromatic N) is 2. The van der Waals surface area contributed by atoms with Crippen LogP contribution in [0.2, 0.25) is 0 Å². The lowest BCUT2D eigenvalue weighted by Gasteiger charge is -2.24. The summed E-state index contributed by atoms with van der Waals surface area (Å²) in [4.78, 5) is 65.1. The first kappa shape index (κ1) is 28.4. The molecule has 0 aliphatic carbocycles. The van der Waals surface area contributed by atoms with Gasteiger partial charge in [-0.2, -0.15) is 0 Å². The lowest BCUT2D eigenvalue weighted by Crippen LogP contribution is -2.40. The molecule has 7 N–H and O–H groups in total. The van der Waals surface area contributed by atoms with Crippen molar-refractivity contribution in [3.8, 4) is 11.5 Å². The van der Waals surface area contributed by atoms with Crippen molar-refractivity contribution in [3.63, 3.8) is 0 Å². The van der Waals surface area contributed by atoms with E-state index in [1.165, 1.54) is 24.3 Å². The topological polar surface area (TPSA) is 232 Å². The van der Waals surface area contributed by atoms with E-state index in [0.717, 1.165) is 0 Å². The molecule has 0 aromatic heterocycles. The van der Waals surface area contributed by atoms with E-state index in [9.17, 15) is 34.2 Å². The Kier molecular flexibility index (Phi) is 9.04. The molecule has 0 bridgehead atoms. The first-order valence-electron chi connectivity index (χ1n) is 11.6. The molecule has 0 fully saturated rings. The third-order valence-electron chi connectivity index (χ3n) is 5.58. The summed E-state index contributed by atoms with van der Waals surface area (Å²) in [7, 11) is 0. The van der Waals surface area contributed by atoms with Crippen molar-refractivity contribution >= 4 is 41.4 Å². The molecule has 14 heteroatoms. The SMILES string of the molecule is NC(N)=Nc1ccc2c(c1)CCCOc1c(ccc(CCC(=O)O)c1C(=O)N(CC(=O)O)CC(=O)O)OC2=O. The minimum Gasteiger partial charge on any atom is -0.489 e. The minimum absolute atomic E-state index is 0.0110. The zero-order chi connectivity index (χ0) is 28.7. The van der Waals surface area contributed by atoms with Crippen molar-refractivity contribution in [2.75, 3.05) is 19.7 Å². The molecule has 0 spiro atoms. The number of hydrogen-bond acceptors (Lipinski definition) is 8. The number of aliphatic carboxylic acids is 3. The molecule has 0 unspecified atom stereocenters. The number of aliphatic imine (C=N–C) groups is 1. The molecular weight excluding hydrogens is 516 g/mol. The number of fused-ring (bicyclic) bond motifs is 2. The summed E-state index contributed by atoms with van der Waals surface area (Å²) in [5.41, 5.74) is 11.9. The van der Waals surface area contributed by atoms with Crippen molar-refractivity contribution in [1.29, 1.82) is 0 Å². The van der Waals surface area contributed by atoms with Crippen LogP contribution < -0.4 is 20.9 Å². The van der Waals surface area contributed by atoms with Gasteiger partial charge in [-0.05, 0) is 54.7 Å². The summed E-state index contributed by atoms with van der Waals surface area (Å²) in [6.07, 6.45) is 0.138. The molecule has 1 heterocycles. The predicted octanol–water partition coefficient (Wildman–Crippen LogP) is 0.764. The zero-order valence-electron chi connectivity index (χ0n) is 20.6. The van der Waals surface area contributed by atoms with Gasteiger partial charge in [-0.3, -0.25) is 19.2 Å². The number of nitrogens with two attached hydrogens (primary N) is 2. The third-order valence-corrected chi connectivity index (χ3v) is 5.58. The van der Waals surface area contributed by atoms with Crippen LogP contribution in [-0.4, -0.2) is 75.7 Å². The predicted molar refractivity (Wildman–Crippen MR) is 134 cm³/mol. The number of rotatable bonds is 9. The van der Waals surface area contributed by atoms with Gasteiger partial charge in [-0.25, -0.2) is 9.79 Å². The molecule has 206 valence electrons. The average molecular weight is 543 g/mol. The largest absolute Gasteiger partial charge is 0.489 e. The van der Waals surface area contributed by atoms with Crippen LogP contribution >= 0.6 is 0 Å². The van der Waals surface area contributed by atoms with Crippen LogP contribution in [0.1, 0.15) is 44.7 Å². The number of carboxylic acids is 3. The van der Waals surface area contributed by atoms with E-state index in [-0.39, 0.29) is 53.6 Å². The lowest BCUT2D eigenvalue weighted by molar-refractivity contribution is -0.141. The van der Waals surface area contributed by atoms with Gasteiger partial charge in [0.1, 0.15) is 13.1 Å². The molecule has 1 aliphatic heterocycles. The maximum Gasteiger partial charge on any atom is 0.343 e. The Morgan fingerprint density at radius 1 is 0.974 bits per heavy atom. The van der Waals surface area contributed by atoms with E-state index in [4.69, 9.17) is 26.0 Å². The molecule has 0 atom stereocenters.